The molecule has 2 aromatic heterocycles. The van der Waals surface area contributed by atoms with E-state index in [1.165, 1.54) is 45.1 Å². The normalized spacial score (nSPS) is 22.5. The van der Waals surface area contributed by atoms with Crippen molar-refractivity contribution >= 4 is 0 Å². The van der Waals surface area contributed by atoms with Gasteiger partial charge in [-0.25, -0.2) is 14.3 Å². The fraction of sp³-hybridized carbons (Fsp3) is 0.700. The van der Waals surface area contributed by atoms with Crippen LogP contribution in [-0.2, 0) is 6.54 Å². The van der Waals surface area contributed by atoms with Crippen LogP contribution < -0.4 is 5.56 Å². The summed E-state index contributed by atoms with van der Waals surface area (Å²) in [5.41, 5.74) is -0.0494. The van der Waals surface area contributed by atoms with E-state index in [1.807, 2.05) is 0 Å². The first-order chi connectivity index (χ1) is 13.7. The molecule has 0 bridgehead atoms. The molecule has 1 atom stereocenters. The quantitative estimate of drug-likeness (QED) is 0.749. The van der Waals surface area contributed by atoms with Crippen LogP contribution in [0.1, 0.15) is 38.5 Å². The molecular formula is C20H31N7O. The third kappa shape index (κ3) is 4.67. The smallest absolute Gasteiger partial charge is 0.266 e. The Hall–Kier alpha value is -2.06. The highest BCUT2D eigenvalue weighted by atomic mass is 16.1. The van der Waals surface area contributed by atoms with Gasteiger partial charge in [0.15, 0.2) is 5.82 Å². The van der Waals surface area contributed by atoms with Crippen LogP contribution in [0.4, 0.5) is 0 Å². The second-order valence-electron chi connectivity index (χ2n) is 8.26. The minimum atomic E-state index is -0.0494. The van der Waals surface area contributed by atoms with Crippen molar-refractivity contribution in [3.63, 3.8) is 0 Å². The molecule has 2 fully saturated rings. The van der Waals surface area contributed by atoms with Gasteiger partial charge in [-0.3, -0.25) is 4.79 Å². The van der Waals surface area contributed by atoms with Crippen LogP contribution in [0.2, 0.25) is 0 Å². The van der Waals surface area contributed by atoms with Crippen LogP contribution >= 0.6 is 0 Å². The number of piperidine rings is 2. The maximum Gasteiger partial charge on any atom is 0.266 e. The molecule has 2 saturated heterocycles. The van der Waals surface area contributed by atoms with Crippen molar-refractivity contribution in [2.24, 2.45) is 5.92 Å². The molecule has 0 amide bonds. The molecule has 0 saturated carbocycles. The summed E-state index contributed by atoms with van der Waals surface area (Å²) in [5.74, 6) is 1.14. The number of likely N-dealkylation sites (tertiary alicyclic amines) is 2. The molecule has 1 unspecified atom stereocenters. The highest BCUT2D eigenvalue weighted by Crippen LogP contribution is 2.21. The third-order valence-corrected chi connectivity index (χ3v) is 6.34. The first-order valence-electron chi connectivity index (χ1n) is 10.5. The van der Waals surface area contributed by atoms with Crippen LogP contribution in [0.3, 0.4) is 0 Å². The number of aromatic nitrogens is 5. The monoisotopic (exact) mass is 385 g/mol. The lowest BCUT2D eigenvalue weighted by atomic mass is 9.95. The molecule has 4 heterocycles. The van der Waals surface area contributed by atoms with Gasteiger partial charge in [0, 0.05) is 18.7 Å². The van der Waals surface area contributed by atoms with E-state index in [1.54, 1.807) is 27.8 Å². The van der Waals surface area contributed by atoms with Crippen molar-refractivity contribution in [2.45, 2.75) is 51.1 Å². The lowest BCUT2D eigenvalue weighted by molar-refractivity contribution is 0.129. The molecule has 152 valence electrons. The Balaban J connectivity index is 1.27. The third-order valence-electron chi connectivity index (χ3n) is 6.34. The molecule has 2 aliphatic heterocycles. The van der Waals surface area contributed by atoms with E-state index in [-0.39, 0.29) is 5.56 Å². The Morgan fingerprint density at radius 2 is 1.96 bits per heavy atom. The maximum absolute atomic E-state index is 12.2. The largest absolute Gasteiger partial charge is 0.303 e. The van der Waals surface area contributed by atoms with Gasteiger partial charge in [0.1, 0.15) is 12.7 Å². The average Bonchev–Trinajstić information content (AvgIpc) is 3.25. The standard InChI is InChI=1S/C20H31N7O/c1-24-10-3-2-4-18(24)9-13-25-11-7-17(8-12-25)14-26-20(28)6-5-19(23-26)27-16-21-15-22-27/h5-6,15-18H,2-4,7-14H2,1H3. The molecule has 0 aliphatic carbocycles. The first-order valence-corrected chi connectivity index (χ1v) is 10.5. The van der Waals surface area contributed by atoms with Gasteiger partial charge in [-0.1, -0.05) is 6.42 Å². The van der Waals surface area contributed by atoms with E-state index in [0.29, 0.717) is 18.3 Å². The highest BCUT2D eigenvalue weighted by Gasteiger charge is 2.23. The zero-order valence-electron chi connectivity index (χ0n) is 16.8. The highest BCUT2D eigenvalue weighted by molar-refractivity contribution is 5.16. The van der Waals surface area contributed by atoms with Crippen molar-refractivity contribution < 1.29 is 0 Å². The van der Waals surface area contributed by atoms with E-state index in [4.69, 9.17) is 0 Å². The van der Waals surface area contributed by atoms with Crippen molar-refractivity contribution in [1.29, 1.82) is 0 Å². The first kappa shape index (κ1) is 19.3. The second-order valence-corrected chi connectivity index (χ2v) is 8.26. The van der Waals surface area contributed by atoms with Gasteiger partial charge in [0.05, 0.1) is 0 Å². The summed E-state index contributed by atoms with van der Waals surface area (Å²) < 4.78 is 3.18. The summed E-state index contributed by atoms with van der Waals surface area (Å²) >= 11 is 0. The lowest BCUT2D eigenvalue weighted by Crippen LogP contribution is -2.41. The van der Waals surface area contributed by atoms with Crippen LogP contribution in [0.5, 0.6) is 0 Å². The Morgan fingerprint density at radius 1 is 1.11 bits per heavy atom. The summed E-state index contributed by atoms with van der Waals surface area (Å²) in [6.07, 6.45) is 10.7. The van der Waals surface area contributed by atoms with Crippen LogP contribution in [0.25, 0.3) is 5.82 Å². The maximum atomic E-state index is 12.2. The number of rotatable bonds is 6. The lowest BCUT2D eigenvalue weighted by Gasteiger charge is -2.36. The van der Waals surface area contributed by atoms with Crippen LogP contribution in [-0.4, -0.2) is 73.6 Å². The van der Waals surface area contributed by atoms with Gasteiger partial charge in [0.25, 0.3) is 5.56 Å². The van der Waals surface area contributed by atoms with Crippen molar-refractivity contribution in [3.8, 4) is 5.82 Å². The van der Waals surface area contributed by atoms with Gasteiger partial charge < -0.3 is 9.80 Å². The molecule has 0 aromatic carbocycles. The molecule has 0 radical (unpaired) electrons. The number of hydrogen-bond acceptors (Lipinski definition) is 6. The zero-order chi connectivity index (χ0) is 19.3. The summed E-state index contributed by atoms with van der Waals surface area (Å²) in [7, 11) is 2.27. The predicted octanol–water partition coefficient (Wildman–Crippen LogP) is 1.41. The SMILES string of the molecule is CN1CCCCC1CCN1CCC(Cn2nc(-n3cncn3)ccc2=O)CC1. The van der Waals surface area contributed by atoms with E-state index in [9.17, 15) is 4.79 Å². The minimum absolute atomic E-state index is 0.0494. The van der Waals surface area contributed by atoms with Crippen LogP contribution in [0.15, 0.2) is 29.6 Å². The van der Waals surface area contributed by atoms with Gasteiger partial charge in [-0.05, 0) is 77.3 Å². The van der Waals surface area contributed by atoms with Crippen LogP contribution in [0, 0.1) is 5.92 Å². The van der Waals surface area contributed by atoms with Gasteiger partial charge in [0.2, 0.25) is 0 Å². The Labute approximate surface area is 166 Å². The minimum Gasteiger partial charge on any atom is -0.303 e. The van der Waals surface area contributed by atoms with Gasteiger partial charge in [-0.2, -0.15) is 5.10 Å². The molecule has 8 heteroatoms. The average molecular weight is 386 g/mol. The summed E-state index contributed by atoms with van der Waals surface area (Å²) in [6, 6.07) is 4.02. The van der Waals surface area contributed by atoms with Crippen molar-refractivity contribution in [2.75, 3.05) is 33.2 Å². The molecule has 0 N–H and O–H groups in total. The number of hydrogen-bond donors (Lipinski definition) is 0. The van der Waals surface area contributed by atoms with E-state index >= 15 is 0 Å². The van der Waals surface area contributed by atoms with E-state index < -0.39 is 0 Å². The molecule has 8 nitrogen and oxygen atoms in total. The Morgan fingerprint density at radius 3 is 2.71 bits per heavy atom. The predicted molar refractivity (Wildman–Crippen MR) is 107 cm³/mol. The van der Waals surface area contributed by atoms with Gasteiger partial charge in [-0.15, -0.1) is 5.10 Å². The molecule has 4 rings (SSSR count). The summed E-state index contributed by atoms with van der Waals surface area (Å²) in [6.45, 7) is 5.38. The van der Waals surface area contributed by atoms with Crippen molar-refractivity contribution in [1.82, 2.24) is 34.3 Å². The van der Waals surface area contributed by atoms with E-state index in [0.717, 1.165) is 32.0 Å². The summed E-state index contributed by atoms with van der Waals surface area (Å²) in [5, 5.41) is 8.58. The molecule has 2 aliphatic rings. The topological polar surface area (TPSA) is 72.1 Å². The summed E-state index contributed by atoms with van der Waals surface area (Å²) in [4.78, 5) is 21.3. The van der Waals surface area contributed by atoms with Gasteiger partial charge >= 0.3 is 0 Å². The second kappa shape index (κ2) is 8.96. The Kier molecular flexibility index (Phi) is 6.17. The Bertz CT molecular complexity index is 795. The van der Waals surface area contributed by atoms with E-state index in [2.05, 4.69) is 32.0 Å². The number of nitrogens with zero attached hydrogens (tertiary/aromatic N) is 7. The zero-order valence-corrected chi connectivity index (χ0v) is 16.8. The molecule has 28 heavy (non-hydrogen) atoms. The molecule has 0 spiro atoms. The fourth-order valence-electron chi connectivity index (χ4n) is 4.50. The molecule has 2 aromatic rings. The van der Waals surface area contributed by atoms with Crippen molar-refractivity contribution in [3.05, 3.63) is 35.1 Å². The fourth-order valence-corrected chi connectivity index (χ4v) is 4.50. The molecular weight excluding hydrogens is 354 g/mol.